The van der Waals surface area contributed by atoms with E-state index in [2.05, 4.69) is 29.0 Å². The molecule has 0 spiro atoms. The molecule has 0 aromatic carbocycles. The number of nitrogens with two attached hydrogens (primary N) is 1. The molecule has 0 aliphatic carbocycles. The van der Waals surface area contributed by atoms with Crippen LogP contribution in [0, 0.1) is 0 Å². The average molecular weight is 720 g/mol. The third-order valence-corrected chi connectivity index (χ3v) is 7.22. The number of hydrogen-bond acceptors (Lipinski definition) is 16. The molecule has 2 saturated heterocycles. The minimum absolute atomic E-state index is 0. The van der Waals surface area contributed by atoms with Gasteiger partial charge in [0.15, 0.2) is 23.6 Å². The Morgan fingerprint density at radius 2 is 1.32 bits per heavy atom. The second kappa shape index (κ2) is 16.4. The highest BCUT2D eigenvalue weighted by Crippen LogP contribution is 2.39. The van der Waals surface area contributed by atoms with E-state index in [0.717, 1.165) is 10.9 Å². The van der Waals surface area contributed by atoms with E-state index in [1.807, 2.05) is 0 Å². The number of nitrogen functional groups attached to an aromatic ring is 1. The van der Waals surface area contributed by atoms with Crippen molar-refractivity contribution in [2.24, 2.45) is 0 Å². The number of fused-ring (bicyclic) bond motifs is 1. The van der Waals surface area contributed by atoms with Gasteiger partial charge in [0.1, 0.15) is 42.4 Å². The second-order valence-electron chi connectivity index (χ2n) is 9.26. The van der Waals surface area contributed by atoms with Gasteiger partial charge in [-0.25, -0.2) is 23.9 Å². The van der Waals surface area contributed by atoms with Gasteiger partial charge in [-0.3, -0.25) is 23.0 Å². The molecule has 2 aliphatic heterocycles. The number of ether oxygens (including phenoxy) is 2. The molecular formula is C22H39N7O16P2. The Balaban J connectivity index is 0.000000444. The highest BCUT2D eigenvalue weighted by atomic mass is 31.2. The van der Waals surface area contributed by atoms with Crippen LogP contribution in [-0.2, 0) is 27.7 Å². The highest BCUT2D eigenvalue weighted by molar-refractivity contribution is 7.46. The second-order valence-corrected chi connectivity index (χ2v) is 11.7. The predicted octanol–water partition coefficient (Wildman–Crippen LogP) is -2.69. The molecule has 268 valence electrons. The van der Waals surface area contributed by atoms with Gasteiger partial charge in [0, 0.05) is 6.20 Å². The van der Waals surface area contributed by atoms with Crippen molar-refractivity contribution in [3.8, 4) is 0 Å². The molecule has 3 aromatic heterocycles. The number of nitrogens with zero attached hydrogens (tertiary/aromatic N) is 5. The largest absolute Gasteiger partial charge is 0.469 e. The Hall–Kier alpha value is -2.99. The number of aromatic amines is 1. The predicted molar refractivity (Wildman–Crippen MR) is 159 cm³/mol. The van der Waals surface area contributed by atoms with Gasteiger partial charge in [-0.05, 0) is 6.07 Å². The minimum atomic E-state index is -4.74. The molecule has 0 bridgehead atoms. The number of aliphatic hydroxyl groups excluding tert-OH is 4. The lowest BCUT2D eigenvalue weighted by Gasteiger charge is -2.16. The first-order valence-corrected chi connectivity index (χ1v) is 15.2. The summed E-state index contributed by atoms with van der Waals surface area (Å²) in [7, 11) is -9.48. The molecule has 11 N–H and O–H groups in total. The number of phosphoric acid groups is 2. The van der Waals surface area contributed by atoms with Crippen LogP contribution in [0.3, 0.4) is 0 Å². The van der Waals surface area contributed by atoms with Gasteiger partial charge in [0.2, 0.25) is 0 Å². The smallest absolute Gasteiger partial charge is 0.387 e. The zero-order chi connectivity index (χ0) is 32.6. The van der Waals surface area contributed by atoms with E-state index < -0.39 is 89.2 Å². The maximum absolute atomic E-state index is 11.6. The molecule has 8 atom stereocenters. The molecule has 0 saturated carbocycles. The summed E-state index contributed by atoms with van der Waals surface area (Å²) in [5, 5.41) is 39.6. The van der Waals surface area contributed by atoms with E-state index >= 15 is 0 Å². The quantitative estimate of drug-likeness (QED) is 0.106. The van der Waals surface area contributed by atoms with Crippen molar-refractivity contribution >= 4 is 32.6 Å². The molecule has 25 heteroatoms. The van der Waals surface area contributed by atoms with Gasteiger partial charge in [-0.15, -0.1) is 0 Å². The van der Waals surface area contributed by atoms with Crippen molar-refractivity contribution in [3.63, 3.8) is 0 Å². The van der Waals surface area contributed by atoms with Crippen molar-refractivity contribution in [1.82, 2.24) is 29.1 Å². The number of rotatable bonds is 8. The first kappa shape index (κ1) is 42.0. The summed E-state index contributed by atoms with van der Waals surface area (Å²) < 4.78 is 42.5. The Labute approximate surface area is 265 Å². The number of anilines is 1. The molecular weight excluding hydrogens is 680 g/mol. The van der Waals surface area contributed by atoms with E-state index in [0.29, 0.717) is 0 Å². The molecule has 0 amide bonds. The summed E-state index contributed by atoms with van der Waals surface area (Å²) in [5.41, 5.74) is 4.19. The molecule has 0 radical (unpaired) electrons. The fraction of sp³-hybridized carbons (Fsp3) is 0.591. The van der Waals surface area contributed by atoms with Crippen LogP contribution < -0.4 is 17.0 Å². The lowest BCUT2D eigenvalue weighted by molar-refractivity contribution is -0.0542. The number of H-pyrrole nitrogens is 1. The molecule has 3 aromatic rings. The number of aromatic nitrogens is 6. The van der Waals surface area contributed by atoms with Gasteiger partial charge in [0.05, 0.1) is 25.9 Å². The Bertz CT molecular complexity index is 1670. The third kappa shape index (κ3) is 10.0. The Morgan fingerprint density at radius 3 is 1.79 bits per heavy atom. The third-order valence-electron chi connectivity index (χ3n) is 6.25. The number of aliphatic hydroxyl groups is 4. The van der Waals surface area contributed by atoms with Gasteiger partial charge < -0.3 is 60.2 Å². The maximum Gasteiger partial charge on any atom is 0.469 e. The summed E-state index contributed by atoms with van der Waals surface area (Å²) in [6.45, 7) is -1.28. The number of nitrogens with one attached hydrogen (secondary N) is 1. The van der Waals surface area contributed by atoms with Crippen LogP contribution in [0.15, 0.2) is 34.5 Å². The number of phosphoric ester groups is 2. The Morgan fingerprint density at radius 1 is 0.830 bits per heavy atom. The van der Waals surface area contributed by atoms with Crippen LogP contribution in [0.1, 0.15) is 34.7 Å². The zero-order valence-corrected chi connectivity index (χ0v) is 23.7. The number of imidazole rings is 1. The van der Waals surface area contributed by atoms with Crippen molar-refractivity contribution in [2.75, 3.05) is 18.9 Å². The van der Waals surface area contributed by atoms with Crippen molar-refractivity contribution < 1.29 is 67.7 Å². The molecule has 2 aliphatic rings. The molecule has 2 fully saturated rings. The monoisotopic (exact) mass is 719 g/mol. The molecule has 23 nitrogen and oxygen atoms in total. The standard InChI is InChI=1S/C10H13N4O8P.C9H14N3O8P.3CH4/c15-6-4(1-21-23(18,19)20)22-10(7(6)16)14-3-13-5-8(14)11-2-12-9(5)17;10-5-1-2-12(9(15)11-5)8-7(14)6(13)4(20-8)3-19-21(16,17)18;;;/h2-4,6-7,10,15-16H,1H2,(H,11,12,17)(H2,18,19,20);1-2,4,6-8,13-14H,3H2,(H2,10,11,15)(H2,16,17,18);3*1H4. The van der Waals surface area contributed by atoms with E-state index in [1.165, 1.54) is 23.2 Å². The van der Waals surface area contributed by atoms with Gasteiger partial charge in [-0.2, -0.15) is 4.98 Å². The van der Waals surface area contributed by atoms with Crippen molar-refractivity contribution in [3.05, 3.63) is 45.8 Å². The van der Waals surface area contributed by atoms with Gasteiger partial charge >= 0.3 is 21.3 Å². The number of hydrogen-bond donors (Lipinski definition) is 10. The van der Waals surface area contributed by atoms with E-state index in [-0.39, 0.29) is 39.3 Å². The van der Waals surface area contributed by atoms with E-state index in [4.69, 9.17) is 34.8 Å². The first-order chi connectivity index (χ1) is 20.5. The van der Waals surface area contributed by atoms with E-state index in [9.17, 15) is 39.1 Å². The summed E-state index contributed by atoms with van der Waals surface area (Å²) >= 11 is 0. The van der Waals surface area contributed by atoms with Crippen LogP contribution in [0.5, 0.6) is 0 Å². The molecule has 8 unspecified atom stereocenters. The fourth-order valence-corrected chi connectivity index (χ4v) is 4.89. The summed E-state index contributed by atoms with van der Waals surface area (Å²) in [6.07, 6.45) is -7.12. The topological polar surface area (TPSA) is 357 Å². The highest BCUT2D eigenvalue weighted by Gasteiger charge is 2.46. The molecule has 5 heterocycles. The zero-order valence-electron chi connectivity index (χ0n) is 21.9. The van der Waals surface area contributed by atoms with Crippen molar-refractivity contribution in [2.45, 2.75) is 71.4 Å². The van der Waals surface area contributed by atoms with Crippen molar-refractivity contribution in [1.29, 1.82) is 0 Å². The maximum atomic E-state index is 11.6. The molecule has 5 rings (SSSR count). The summed E-state index contributed by atoms with van der Waals surface area (Å²) in [6, 6.07) is 1.29. The van der Waals surface area contributed by atoms with Gasteiger partial charge in [0.25, 0.3) is 5.56 Å². The van der Waals surface area contributed by atoms with Crippen LogP contribution in [0.4, 0.5) is 5.82 Å². The lowest BCUT2D eigenvalue weighted by Crippen LogP contribution is -2.36. The average Bonchev–Trinajstić information content (AvgIpc) is 3.57. The Kier molecular flexibility index (Phi) is 14.7. The fourth-order valence-electron chi connectivity index (χ4n) is 4.20. The van der Waals surface area contributed by atoms with Crippen LogP contribution in [0.2, 0.25) is 0 Å². The van der Waals surface area contributed by atoms with Crippen LogP contribution >= 0.6 is 15.6 Å². The minimum Gasteiger partial charge on any atom is -0.387 e. The van der Waals surface area contributed by atoms with E-state index in [1.54, 1.807) is 0 Å². The SMILES string of the molecule is C.C.C.Nc1ccn(C2OC(COP(=O)(O)O)C(O)C2O)c(=O)n1.O=c1[nH]cnc2c1ncn2C1OC(COP(=O)(O)O)C(O)C1O. The van der Waals surface area contributed by atoms with Gasteiger partial charge in [-0.1, -0.05) is 22.3 Å². The van der Waals surface area contributed by atoms with Crippen LogP contribution in [0.25, 0.3) is 11.2 Å². The summed E-state index contributed by atoms with van der Waals surface area (Å²) in [5.74, 6) is -0.0225. The normalized spacial score (nSPS) is 27.2. The summed E-state index contributed by atoms with van der Waals surface area (Å²) in [4.78, 5) is 71.4. The van der Waals surface area contributed by atoms with Crippen LogP contribution in [-0.4, -0.2) is 119 Å². The molecule has 47 heavy (non-hydrogen) atoms. The lowest BCUT2D eigenvalue weighted by atomic mass is 10.1. The first-order valence-electron chi connectivity index (χ1n) is 12.1.